The van der Waals surface area contributed by atoms with Gasteiger partial charge in [0, 0.05) is 29.9 Å². The molecule has 2 aliphatic carbocycles. The third kappa shape index (κ3) is 8.80. The van der Waals surface area contributed by atoms with E-state index in [1.54, 1.807) is 6.20 Å². The van der Waals surface area contributed by atoms with Crippen LogP contribution in [0.1, 0.15) is 108 Å². The molecule has 35 heavy (non-hydrogen) atoms. The van der Waals surface area contributed by atoms with Gasteiger partial charge in [-0.25, -0.2) is 0 Å². The lowest BCUT2D eigenvalue weighted by molar-refractivity contribution is -0.133. The lowest BCUT2D eigenvalue weighted by Gasteiger charge is -2.26. The van der Waals surface area contributed by atoms with Gasteiger partial charge in [-0.05, 0) is 57.9 Å². The molecule has 2 fully saturated rings. The van der Waals surface area contributed by atoms with Crippen molar-refractivity contribution in [3.05, 3.63) is 29.7 Å². The number of hydrogen-bond donors (Lipinski definition) is 3. The van der Waals surface area contributed by atoms with E-state index in [-0.39, 0.29) is 17.9 Å². The van der Waals surface area contributed by atoms with Crippen LogP contribution in [0.4, 0.5) is 5.82 Å². The summed E-state index contributed by atoms with van der Waals surface area (Å²) in [5.41, 5.74) is 1.50. The topological polar surface area (TPSA) is 114 Å². The number of amides is 1. The average molecular weight is 489 g/mol. The number of anilines is 1. The second kappa shape index (κ2) is 14.7. The molecule has 4 rings (SSSR count). The van der Waals surface area contributed by atoms with Gasteiger partial charge >= 0.3 is 0 Å². The number of aromatic amines is 1. The summed E-state index contributed by atoms with van der Waals surface area (Å²) in [4.78, 5) is 23.0. The van der Waals surface area contributed by atoms with Gasteiger partial charge in [-0.1, -0.05) is 34.6 Å². The fraction of sp³-hybridized carbons (Fsp3) is 0.692. The molecule has 3 N–H and O–H groups in total. The summed E-state index contributed by atoms with van der Waals surface area (Å²) in [7, 11) is 1.95. The second-order valence-corrected chi connectivity index (χ2v) is 9.59. The molecular weight excluding hydrogens is 444 g/mol. The molecule has 0 aromatic carbocycles. The number of nitrogens with one attached hydrogen (secondary N) is 3. The number of ether oxygens (including phenoxy) is 1. The van der Waals surface area contributed by atoms with Crippen LogP contribution in [0.5, 0.6) is 0 Å². The van der Waals surface area contributed by atoms with Crippen molar-refractivity contribution in [1.29, 1.82) is 0 Å². The first-order chi connectivity index (χ1) is 16.9. The minimum absolute atomic E-state index is 0.0301. The summed E-state index contributed by atoms with van der Waals surface area (Å²) in [6.07, 6.45) is 10.6. The first-order valence-corrected chi connectivity index (χ1v) is 13.1. The predicted octanol–water partition coefficient (Wildman–Crippen LogP) is 5.06. The number of carbonyl (C=O) groups excluding carboxylic acids is 2. The van der Waals surface area contributed by atoms with Crippen molar-refractivity contribution in [3.8, 4) is 0 Å². The first-order valence-electron chi connectivity index (χ1n) is 13.1. The Balaban J connectivity index is 0.000000551. The summed E-state index contributed by atoms with van der Waals surface area (Å²) in [5.74, 6) is 1.34. The minimum Gasteiger partial charge on any atom is -0.465 e. The molecule has 2 unspecified atom stereocenters. The van der Waals surface area contributed by atoms with E-state index in [0.717, 1.165) is 43.7 Å². The molecule has 9 heteroatoms. The quantitative estimate of drug-likeness (QED) is 0.470. The van der Waals surface area contributed by atoms with Gasteiger partial charge in [0.05, 0.1) is 17.8 Å². The normalized spacial score (nSPS) is 23.5. The van der Waals surface area contributed by atoms with E-state index in [1.807, 2.05) is 37.8 Å². The molecule has 0 spiro atoms. The van der Waals surface area contributed by atoms with Gasteiger partial charge < -0.3 is 15.4 Å². The monoisotopic (exact) mass is 488 g/mol. The summed E-state index contributed by atoms with van der Waals surface area (Å²) < 4.78 is 6.98. The molecule has 2 saturated carbocycles. The van der Waals surface area contributed by atoms with Crippen molar-refractivity contribution < 1.29 is 14.3 Å². The smallest absolute Gasteiger partial charge is 0.293 e. The lowest BCUT2D eigenvalue weighted by Crippen LogP contribution is -2.17. The van der Waals surface area contributed by atoms with Gasteiger partial charge in [-0.15, -0.1) is 0 Å². The van der Waals surface area contributed by atoms with Gasteiger partial charge in [-0.3, -0.25) is 19.4 Å². The van der Waals surface area contributed by atoms with Gasteiger partial charge in [0.25, 0.3) is 12.4 Å². The van der Waals surface area contributed by atoms with Crippen LogP contribution in [-0.2, 0) is 9.53 Å². The third-order valence-corrected chi connectivity index (χ3v) is 6.71. The molecule has 9 nitrogen and oxygen atoms in total. The zero-order chi connectivity index (χ0) is 25.8. The molecule has 0 aliphatic heterocycles. The van der Waals surface area contributed by atoms with E-state index >= 15 is 0 Å². The average Bonchev–Trinajstić information content (AvgIpc) is 3.62. The summed E-state index contributed by atoms with van der Waals surface area (Å²) in [6, 6.07) is 2.88. The molecule has 2 aromatic heterocycles. The fourth-order valence-corrected chi connectivity index (χ4v) is 4.39. The summed E-state index contributed by atoms with van der Waals surface area (Å²) in [6.45, 7) is 11.0. The molecular formula is C26H44N6O3. The number of H-pyrrole nitrogens is 1. The molecule has 2 atom stereocenters. The van der Waals surface area contributed by atoms with Crippen molar-refractivity contribution in [2.24, 2.45) is 5.92 Å². The molecule has 0 radical (unpaired) electrons. The maximum atomic E-state index is 12.6. The largest absolute Gasteiger partial charge is 0.465 e. The highest BCUT2D eigenvalue weighted by Crippen LogP contribution is 2.35. The van der Waals surface area contributed by atoms with Gasteiger partial charge in [-0.2, -0.15) is 10.2 Å². The summed E-state index contributed by atoms with van der Waals surface area (Å²) in [5, 5.41) is 17.5. The van der Waals surface area contributed by atoms with Crippen LogP contribution < -0.4 is 10.6 Å². The van der Waals surface area contributed by atoms with E-state index in [9.17, 15) is 9.59 Å². The van der Waals surface area contributed by atoms with Crippen LogP contribution in [0.2, 0.25) is 0 Å². The van der Waals surface area contributed by atoms with E-state index in [2.05, 4.69) is 46.7 Å². The van der Waals surface area contributed by atoms with Gasteiger partial charge in [0.1, 0.15) is 6.10 Å². The maximum absolute atomic E-state index is 12.6. The fourth-order valence-electron chi connectivity index (χ4n) is 4.39. The van der Waals surface area contributed by atoms with Crippen LogP contribution >= 0.6 is 0 Å². The number of nitrogens with zero attached hydrogens (tertiary/aromatic N) is 3. The molecule has 0 saturated heterocycles. The molecule has 0 bridgehead atoms. The Bertz CT molecular complexity index is 885. The zero-order valence-corrected chi connectivity index (χ0v) is 22.2. The van der Waals surface area contributed by atoms with Crippen LogP contribution in [0.3, 0.4) is 0 Å². The number of aromatic nitrogens is 4. The van der Waals surface area contributed by atoms with E-state index < -0.39 is 0 Å². The highest BCUT2D eigenvalue weighted by molar-refractivity contribution is 6.03. The highest BCUT2D eigenvalue weighted by Gasteiger charge is 2.28. The third-order valence-electron chi connectivity index (χ3n) is 6.71. The van der Waals surface area contributed by atoms with Crippen LogP contribution in [-0.4, -0.2) is 51.6 Å². The van der Waals surface area contributed by atoms with Gasteiger partial charge in [0.2, 0.25) is 0 Å². The lowest BCUT2D eigenvalue weighted by atomic mass is 9.87. The standard InChI is InChI=1S/C20H27N5O3.C4H11N.C2H6/c1-13-2-5-16(6-3-13)25-11-15(10-21-25)20(27)22-19-9-18(23-24-19)14-4-7-17(8-14)28-12-26;1-4(2)5-3;1-2/h9-14,16-17H,2-8H2,1H3,(H2,22,23,24,27);4-5H,1-3H3;1-2H3. The summed E-state index contributed by atoms with van der Waals surface area (Å²) >= 11 is 0. The number of hydrogen-bond acceptors (Lipinski definition) is 6. The highest BCUT2D eigenvalue weighted by atomic mass is 16.5. The van der Waals surface area contributed by atoms with Crippen molar-refractivity contribution >= 4 is 18.2 Å². The molecule has 2 aromatic rings. The van der Waals surface area contributed by atoms with Gasteiger partial charge in [0.15, 0.2) is 5.82 Å². The SMILES string of the molecule is CC.CC1CCC(n2cc(C(=O)Nc3cc(C4CCC(OC=O)C4)[nH]n3)cn2)CC1.CNC(C)C. The Morgan fingerprint density at radius 3 is 2.51 bits per heavy atom. The van der Waals surface area contributed by atoms with Crippen LogP contribution in [0, 0.1) is 5.92 Å². The molecule has 2 heterocycles. The Morgan fingerprint density at radius 1 is 1.20 bits per heavy atom. The van der Waals surface area contributed by atoms with E-state index in [0.29, 0.717) is 29.9 Å². The van der Waals surface area contributed by atoms with E-state index in [1.165, 1.54) is 12.8 Å². The van der Waals surface area contributed by atoms with E-state index in [4.69, 9.17) is 4.74 Å². The number of carbonyl (C=O) groups is 2. The van der Waals surface area contributed by atoms with Crippen molar-refractivity contribution in [2.75, 3.05) is 12.4 Å². The maximum Gasteiger partial charge on any atom is 0.293 e. The molecule has 2 aliphatic rings. The van der Waals surface area contributed by atoms with Crippen molar-refractivity contribution in [2.45, 2.75) is 104 Å². The van der Waals surface area contributed by atoms with Crippen molar-refractivity contribution in [1.82, 2.24) is 25.3 Å². The van der Waals surface area contributed by atoms with Crippen LogP contribution in [0.15, 0.2) is 18.5 Å². The number of rotatable bonds is 7. The second-order valence-electron chi connectivity index (χ2n) is 9.59. The molecule has 196 valence electrons. The van der Waals surface area contributed by atoms with Crippen LogP contribution in [0.25, 0.3) is 0 Å². The first kappa shape index (κ1) is 28.6. The Morgan fingerprint density at radius 2 is 1.89 bits per heavy atom. The molecule has 1 amide bonds. The minimum atomic E-state index is -0.206. The Hall–Kier alpha value is -2.68. The zero-order valence-electron chi connectivity index (χ0n) is 22.2. The predicted molar refractivity (Wildman–Crippen MR) is 139 cm³/mol. The van der Waals surface area contributed by atoms with Crippen molar-refractivity contribution in [3.63, 3.8) is 0 Å². The Kier molecular flexibility index (Phi) is 12.0. The Labute approximate surface area is 209 Å².